The average Bonchev–Trinajstić information content (AvgIpc) is 2.66. The van der Waals surface area contributed by atoms with Crippen LogP contribution in [0.4, 0.5) is 0 Å². The number of aryl methyl sites for hydroxylation is 1. The van der Waals surface area contributed by atoms with Crippen LogP contribution >= 0.6 is 23.5 Å². The Bertz CT molecular complexity index is 626. The number of ether oxygens (including phenoxy) is 1. The number of carbonyl (C=O) groups is 2. The fourth-order valence-electron chi connectivity index (χ4n) is 3.17. The highest BCUT2D eigenvalue weighted by Gasteiger charge is 2.36. The van der Waals surface area contributed by atoms with Gasteiger partial charge in [0.2, 0.25) is 0 Å². The number of rotatable bonds is 11. The molecule has 0 aliphatic carbocycles. The summed E-state index contributed by atoms with van der Waals surface area (Å²) in [6.45, 7) is 2.22. The Morgan fingerprint density at radius 2 is 1.89 bits per heavy atom. The number of benzene rings is 1. The van der Waals surface area contributed by atoms with Crippen molar-refractivity contribution in [3.63, 3.8) is 0 Å². The molecule has 5 nitrogen and oxygen atoms in total. The van der Waals surface area contributed by atoms with Gasteiger partial charge in [-0.1, -0.05) is 19.1 Å². The van der Waals surface area contributed by atoms with E-state index in [0.717, 1.165) is 42.8 Å². The van der Waals surface area contributed by atoms with Crippen LogP contribution in [0.2, 0.25) is 0 Å². The predicted molar refractivity (Wildman–Crippen MR) is 115 cm³/mol. The largest absolute Gasteiger partial charge is 0.508 e. The number of aliphatic hydroxyl groups is 1. The lowest BCUT2D eigenvalue weighted by atomic mass is 10.0. The summed E-state index contributed by atoms with van der Waals surface area (Å²) in [6, 6.07) is 7.22. The molecule has 1 fully saturated rings. The maximum absolute atomic E-state index is 12.1. The van der Waals surface area contributed by atoms with E-state index < -0.39 is 12.1 Å². The van der Waals surface area contributed by atoms with E-state index in [1.807, 2.05) is 42.6 Å². The van der Waals surface area contributed by atoms with Crippen LogP contribution in [0.1, 0.15) is 51.0 Å². The molecule has 0 aromatic heterocycles. The number of esters is 1. The first kappa shape index (κ1) is 23.1. The van der Waals surface area contributed by atoms with Gasteiger partial charge < -0.3 is 14.9 Å². The molecule has 156 valence electrons. The number of hydrogen-bond acceptors (Lipinski definition) is 7. The third-order valence-electron chi connectivity index (χ3n) is 4.57. The molecule has 0 amide bonds. The Balaban J connectivity index is 1.88. The Kier molecular flexibility index (Phi) is 9.68. The van der Waals surface area contributed by atoms with Gasteiger partial charge in [-0.2, -0.15) is 0 Å². The smallest absolute Gasteiger partial charge is 0.313 e. The van der Waals surface area contributed by atoms with Crippen LogP contribution in [0.5, 0.6) is 5.75 Å². The SMILES string of the molecule is CCCOC(=O)CC(=O)CC(O)CC1(CCc2ccc(O)cc2)SCCCS1. The molecule has 1 heterocycles. The maximum Gasteiger partial charge on any atom is 0.313 e. The van der Waals surface area contributed by atoms with Crippen LogP contribution < -0.4 is 0 Å². The number of thioether (sulfide) groups is 2. The first-order valence-electron chi connectivity index (χ1n) is 9.83. The van der Waals surface area contributed by atoms with E-state index in [1.54, 1.807) is 12.1 Å². The van der Waals surface area contributed by atoms with Crippen molar-refractivity contribution >= 4 is 35.3 Å². The van der Waals surface area contributed by atoms with Crippen molar-refractivity contribution in [3.05, 3.63) is 29.8 Å². The standard InChI is InChI=1S/C21H30O5S2/c1-2-10-26-20(25)14-18(23)13-19(24)15-21(27-11-3-12-28-21)9-8-16-4-6-17(22)7-5-16/h4-7,19,22,24H,2-3,8-15H2,1H3. The zero-order valence-corrected chi connectivity index (χ0v) is 18.0. The highest BCUT2D eigenvalue weighted by atomic mass is 32.2. The molecule has 1 atom stereocenters. The zero-order valence-electron chi connectivity index (χ0n) is 16.4. The first-order chi connectivity index (χ1) is 13.4. The van der Waals surface area contributed by atoms with Gasteiger partial charge in [0.15, 0.2) is 0 Å². The highest BCUT2D eigenvalue weighted by Crippen LogP contribution is 2.48. The second kappa shape index (κ2) is 11.7. The lowest BCUT2D eigenvalue weighted by Crippen LogP contribution is -2.32. The number of aromatic hydroxyl groups is 1. The number of carbonyl (C=O) groups excluding carboxylic acids is 2. The number of phenolic OH excluding ortho intramolecular Hbond substituents is 1. The van der Waals surface area contributed by atoms with E-state index in [2.05, 4.69) is 0 Å². The van der Waals surface area contributed by atoms with E-state index in [9.17, 15) is 19.8 Å². The molecular formula is C21H30O5S2. The number of aliphatic hydroxyl groups excluding tert-OH is 1. The summed E-state index contributed by atoms with van der Waals surface area (Å²) in [4.78, 5) is 23.7. The van der Waals surface area contributed by atoms with Crippen molar-refractivity contribution in [2.75, 3.05) is 18.1 Å². The molecule has 1 aromatic carbocycles. The number of hydrogen-bond donors (Lipinski definition) is 2. The molecule has 0 saturated carbocycles. The van der Waals surface area contributed by atoms with Crippen molar-refractivity contribution in [1.29, 1.82) is 0 Å². The summed E-state index contributed by atoms with van der Waals surface area (Å²) >= 11 is 3.73. The molecule has 1 unspecified atom stereocenters. The van der Waals surface area contributed by atoms with Gasteiger partial charge in [-0.05, 0) is 61.3 Å². The van der Waals surface area contributed by atoms with Crippen molar-refractivity contribution in [3.8, 4) is 5.75 Å². The van der Waals surface area contributed by atoms with Crippen LogP contribution in [0, 0.1) is 0 Å². The van der Waals surface area contributed by atoms with E-state index in [1.165, 1.54) is 0 Å². The van der Waals surface area contributed by atoms with Gasteiger partial charge in [0.1, 0.15) is 18.0 Å². The molecule has 0 radical (unpaired) electrons. The summed E-state index contributed by atoms with van der Waals surface area (Å²) in [7, 11) is 0. The predicted octanol–water partition coefficient (Wildman–Crippen LogP) is 3.94. The van der Waals surface area contributed by atoms with Gasteiger partial charge in [0.05, 0.1) is 16.8 Å². The number of ketones is 1. The lowest BCUT2D eigenvalue weighted by Gasteiger charge is -2.37. The third-order valence-corrected chi connectivity index (χ3v) is 8.05. The summed E-state index contributed by atoms with van der Waals surface area (Å²) < 4.78 is 4.82. The second-order valence-corrected chi connectivity index (χ2v) is 10.3. The van der Waals surface area contributed by atoms with Gasteiger partial charge in [0.25, 0.3) is 0 Å². The number of phenols is 1. The van der Waals surface area contributed by atoms with Crippen molar-refractivity contribution in [1.82, 2.24) is 0 Å². The van der Waals surface area contributed by atoms with E-state index in [0.29, 0.717) is 13.0 Å². The highest BCUT2D eigenvalue weighted by molar-refractivity contribution is 8.18. The molecule has 7 heteroatoms. The van der Waals surface area contributed by atoms with Crippen molar-refractivity contribution in [2.45, 2.75) is 62.1 Å². The molecule has 1 saturated heterocycles. The third kappa shape index (κ3) is 8.05. The Labute approximate surface area is 175 Å². The van der Waals surface area contributed by atoms with E-state index in [4.69, 9.17) is 4.74 Å². The number of Topliss-reactive ketones (excluding diaryl/α,β-unsaturated/α-hetero) is 1. The summed E-state index contributed by atoms with van der Waals surface area (Å²) in [6.07, 6.45) is 3.09. The van der Waals surface area contributed by atoms with Crippen LogP contribution in [0.15, 0.2) is 24.3 Å². The van der Waals surface area contributed by atoms with E-state index >= 15 is 0 Å². The fourth-order valence-corrected chi connectivity index (χ4v) is 6.62. The molecular weight excluding hydrogens is 396 g/mol. The summed E-state index contributed by atoms with van der Waals surface area (Å²) in [5.74, 6) is 1.57. The lowest BCUT2D eigenvalue weighted by molar-refractivity contribution is -0.146. The molecule has 2 rings (SSSR count). The molecule has 0 bridgehead atoms. The minimum atomic E-state index is -0.760. The van der Waals surface area contributed by atoms with Gasteiger partial charge in [-0.3, -0.25) is 9.59 Å². The quantitative estimate of drug-likeness (QED) is 0.409. The average molecular weight is 427 g/mol. The normalized spacial score (nSPS) is 17.1. The molecule has 1 aromatic rings. The Morgan fingerprint density at radius 3 is 2.54 bits per heavy atom. The second-order valence-electron chi connectivity index (χ2n) is 7.13. The monoisotopic (exact) mass is 426 g/mol. The van der Waals surface area contributed by atoms with Crippen LogP contribution in [-0.2, 0) is 20.7 Å². The minimum Gasteiger partial charge on any atom is -0.508 e. The van der Waals surface area contributed by atoms with Gasteiger partial charge in [-0.25, -0.2) is 0 Å². The van der Waals surface area contributed by atoms with Crippen LogP contribution in [0.25, 0.3) is 0 Å². The Morgan fingerprint density at radius 1 is 1.21 bits per heavy atom. The summed E-state index contributed by atoms with van der Waals surface area (Å²) in [5.41, 5.74) is 1.15. The van der Waals surface area contributed by atoms with Gasteiger partial charge in [-0.15, -0.1) is 23.5 Å². The maximum atomic E-state index is 12.1. The molecule has 1 aliphatic rings. The van der Waals surface area contributed by atoms with Gasteiger partial charge in [0, 0.05) is 6.42 Å². The molecule has 2 N–H and O–H groups in total. The van der Waals surface area contributed by atoms with Crippen molar-refractivity contribution < 1.29 is 24.5 Å². The topological polar surface area (TPSA) is 83.8 Å². The van der Waals surface area contributed by atoms with Gasteiger partial charge >= 0.3 is 5.97 Å². The zero-order chi connectivity index (χ0) is 20.4. The molecule has 0 spiro atoms. The molecule has 1 aliphatic heterocycles. The van der Waals surface area contributed by atoms with E-state index in [-0.39, 0.29) is 28.5 Å². The minimum absolute atomic E-state index is 0.0106. The van der Waals surface area contributed by atoms with Crippen molar-refractivity contribution in [2.24, 2.45) is 0 Å². The Hall–Kier alpha value is -1.18. The van der Waals surface area contributed by atoms with Crippen LogP contribution in [-0.4, -0.2) is 50.3 Å². The summed E-state index contributed by atoms with van der Waals surface area (Å²) in [5, 5.41) is 20.0. The fraction of sp³-hybridized carbons (Fsp3) is 0.619. The first-order valence-corrected chi connectivity index (χ1v) is 11.8. The van der Waals surface area contributed by atoms with Crippen LogP contribution in [0.3, 0.4) is 0 Å². The molecule has 28 heavy (non-hydrogen) atoms.